The molecule has 0 aromatic heterocycles. The molecule has 2 aromatic carbocycles. The van der Waals surface area contributed by atoms with E-state index in [1.54, 1.807) is 0 Å². The number of carbonyl (C=O) groups is 2. The maximum Gasteiger partial charge on any atom is 0.308 e. The summed E-state index contributed by atoms with van der Waals surface area (Å²) in [5.74, 6) is 1.93. The first kappa shape index (κ1) is 18.5. The van der Waals surface area contributed by atoms with Crippen molar-refractivity contribution in [1.82, 2.24) is 0 Å². The molecule has 0 unspecified atom stereocenters. The molecule has 0 saturated heterocycles. The minimum absolute atomic E-state index is 0.319. The predicted molar refractivity (Wildman–Crippen MR) is 107 cm³/mol. The van der Waals surface area contributed by atoms with Gasteiger partial charge in [-0.05, 0) is 78.5 Å². The number of fused-ring (bicyclic) bond motifs is 2. The molecule has 2 aliphatic carbocycles. The van der Waals surface area contributed by atoms with Crippen LogP contribution in [0.15, 0.2) is 54.1 Å². The molecule has 2 fully saturated rings. The molecule has 0 heterocycles. The Labute approximate surface area is 165 Å². The minimum atomic E-state index is -0.319. The molecule has 2 aliphatic rings. The molecule has 0 amide bonds. The zero-order chi connectivity index (χ0) is 19.7. The maximum absolute atomic E-state index is 11.2. The lowest BCUT2D eigenvalue weighted by Crippen LogP contribution is -2.05. The number of hydrogen-bond donors (Lipinski definition) is 0. The van der Waals surface area contributed by atoms with Gasteiger partial charge in [-0.25, -0.2) is 0 Å². The summed E-state index contributed by atoms with van der Waals surface area (Å²) in [6.45, 7) is 2.81. The molecule has 0 spiro atoms. The van der Waals surface area contributed by atoms with Gasteiger partial charge >= 0.3 is 11.9 Å². The van der Waals surface area contributed by atoms with Crippen LogP contribution in [0.25, 0.3) is 5.57 Å². The normalized spacial score (nSPS) is 20.1. The standard InChI is InChI=1S/C24H24O4/c1-15(25)27-21-9-5-18(6-10-21)24(23-14-17-3-4-20(23)13-17)19-7-11-22(12-8-19)28-16(2)26/h5-12,17,20H,3-4,13-14H2,1-2H3/t17-,20-/m0/s1. The van der Waals surface area contributed by atoms with E-state index < -0.39 is 0 Å². The van der Waals surface area contributed by atoms with Crippen LogP contribution in [-0.4, -0.2) is 11.9 Å². The van der Waals surface area contributed by atoms with Gasteiger partial charge in [0.15, 0.2) is 0 Å². The molecular formula is C24H24O4. The van der Waals surface area contributed by atoms with E-state index >= 15 is 0 Å². The van der Waals surface area contributed by atoms with Gasteiger partial charge in [0.05, 0.1) is 0 Å². The summed E-state index contributed by atoms with van der Waals surface area (Å²) in [6, 6.07) is 15.5. The zero-order valence-electron chi connectivity index (χ0n) is 16.2. The number of hydrogen-bond acceptors (Lipinski definition) is 4. The van der Waals surface area contributed by atoms with Crippen molar-refractivity contribution in [2.75, 3.05) is 0 Å². The third-order valence-corrected chi connectivity index (χ3v) is 5.67. The fraction of sp³-hybridized carbons (Fsp3) is 0.333. The Bertz CT molecular complexity index is 861. The molecule has 0 radical (unpaired) electrons. The van der Waals surface area contributed by atoms with Gasteiger partial charge in [0.25, 0.3) is 0 Å². The Morgan fingerprint density at radius 1 is 0.786 bits per heavy atom. The lowest BCUT2D eigenvalue weighted by molar-refractivity contribution is -0.132. The Morgan fingerprint density at radius 2 is 1.29 bits per heavy atom. The highest BCUT2D eigenvalue weighted by Gasteiger charge is 2.37. The van der Waals surface area contributed by atoms with Crippen molar-refractivity contribution >= 4 is 17.5 Å². The minimum Gasteiger partial charge on any atom is -0.427 e. The lowest BCUT2D eigenvalue weighted by Gasteiger charge is -2.20. The third kappa shape index (κ3) is 3.86. The van der Waals surface area contributed by atoms with Crippen molar-refractivity contribution in [2.24, 2.45) is 11.8 Å². The summed E-state index contributed by atoms with van der Waals surface area (Å²) in [7, 11) is 0. The van der Waals surface area contributed by atoms with Crippen LogP contribution in [0.2, 0.25) is 0 Å². The molecule has 144 valence electrons. The lowest BCUT2D eigenvalue weighted by atomic mass is 9.84. The number of ether oxygens (including phenoxy) is 2. The van der Waals surface area contributed by atoms with Crippen molar-refractivity contribution in [3.63, 3.8) is 0 Å². The molecule has 4 heteroatoms. The molecule has 2 saturated carbocycles. The van der Waals surface area contributed by atoms with E-state index in [9.17, 15) is 9.59 Å². The largest absolute Gasteiger partial charge is 0.427 e. The molecule has 0 N–H and O–H groups in total. The summed E-state index contributed by atoms with van der Waals surface area (Å²) < 4.78 is 10.4. The molecule has 2 bridgehead atoms. The molecule has 4 nitrogen and oxygen atoms in total. The van der Waals surface area contributed by atoms with E-state index in [1.165, 1.54) is 44.3 Å². The number of esters is 2. The average molecular weight is 376 g/mol. The van der Waals surface area contributed by atoms with Crippen molar-refractivity contribution in [3.05, 3.63) is 65.2 Å². The summed E-state index contributed by atoms with van der Waals surface area (Å²) in [4.78, 5) is 22.4. The van der Waals surface area contributed by atoms with Crippen molar-refractivity contribution in [1.29, 1.82) is 0 Å². The maximum atomic E-state index is 11.2. The summed E-state index contributed by atoms with van der Waals surface area (Å²) in [6.07, 6.45) is 5.03. The predicted octanol–water partition coefficient (Wildman–Crippen LogP) is 5.16. The Balaban J connectivity index is 1.72. The number of rotatable bonds is 4. The van der Waals surface area contributed by atoms with Gasteiger partial charge in [0.2, 0.25) is 0 Å². The third-order valence-electron chi connectivity index (χ3n) is 5.67. The topological polar surface area (TPSA) is 52.6 Å². The molecule has 28 heavy (non-hydrogen) atoms. The molecule has 4 rings (SSSR count). The second-order valence-electron chi connectivity index (χ2n) is 7.72. The van der Waals surface area contributed by atoms with E-state index in [4.69, 9.17) is 9.47 Å². The smallest absolute Gasteiger partial charge is 0.308 e. The summed E-state index contributed by atoms with van der Waals surface area (Å²) >= 11 is 0. The van der Waals surface area contributed by atoms with Crippen LogP contribution in [0.3, 0.4) is 0 Å². The van der Waals surface area contributed by atoms with E-state index in [2.05, 4.69) is 0 Å². The first-order valence-corrected chi connectivity index (χ1v) is 9.80. The fourth-order valence-corrected chi connectivity index (χ4v) is 4.61. The van der Waals surface area contributed by atoms with Crippen LogP contribution in [0.4, 0.5) is 0 Å². The highest BCUT2D eigenvalue weighted by Crippen LogP contribution is 2.51. The van der Waals surface area contributed by atoms with Crippen LogP contribution in [-0.2, 0) is 9.59 Å². The quantitative estimate of drug-likeness (QED) is 0.546. The SMILES string of the molecule is CC(=O)Oc1ccc(C(=C2C[C@H]3CC[C@H]2C3)c2ccc(OC(C)=O)cc2)cc1. The second-order valence-corrected chi connectivity index (χ2v) is 7.72. The summed E-state index contributed by atoms with van der Waals surface area (Å²) in [5, 5.41) is 0. The fourth-order valence-electron chi connectivity index (χ4n) is 4.61. The molecule has 2 atom stereocenters. The second kappa shape index (κ2) is 7.63. The van der Waals surface area contributed by atoms with Gasteiger partial charge in [-0.1, -0.05) is 29.8 Å². The Morgan fingerprint density at radius 3 is 1.64 bits per heavy atom. The highest BCUT2D eigenvalue weighted by molar-refractivity contribution is 5.83. The first-order valence-electron chi connectivity index (χ1n) is 9.80. The van der Waals surface area contributed by atoms with Crippen LogP contribution in [0.5, 0.6) is 11.5 Å². The molecular weight excluding hydrogens is 352 g/mol. The average Bonchev–Trinajstić information content (AvgIpc) is 3.27. The van der Waals surface area contributed by atoms with Gasteiger partial charge in [-0.2, -0.15) is 0 Å². The zero-order valence-corrected chi connectivity index (χ0v) is 16.2. The molecule has 0 aliphatic heterocycles. The van der Waals surface area contributed by atoms with Crippen LogP contribution in [0, 0.1) is 11.8 Å². The van der Waals surface area contributed by atoms with E-state index in [1.807, 2.05) is 48.5 Å². The molecule has 2 aromatic rings. The summed E-state index contributed by atoms with van der Waals surface area (Å²) in [5.41, 5.74) is 5.03. The van der Waals surface area contributed by atoms with E-state index in [-0.39, 0.29) is 11.9 Å². The number of benzene rings is 2. The van der Waals surface area contributed by atoms with Gasteiger partial charge in [-0.15, -0.1) is 0 Å². The van der Waals surface area contributed by atoms with Crippen molar-refractivity contribution in [3.8, 4) is 11.5 Å². The Kier molecular flexibility index (Phi) is 5.03. The number of allylic oxidation sites excluding steroid dienone is 1. The van der Waals surface area contributed by atoms with Crippen LogP contribution >= 0.6 is 0 Å². The van der Waals surface area contributed by atoms with E-state index in [0.717, 1.165) is 23.5 Å². The van der Waals surface area contributed by atoms with Gasteiger partial charge in [0, 0.05) is 13.8 Å². The van der Waals surface area contributed by atoms with Gasteiger partial charge < -0.3 is 9.47 Å². The first-order chi connectivity index (χ1) is 13.5. The van der Waals surface area contributed by atoms with E-state index in [0.29, 0.717) is 17.4 Å². The highest BCUT2D eigenvalue weighted by atomic mass is 16.5. The van der Waals surface area contributed by atoms with Crippen LogP contribution in [0.1, 0.15) is 50.7 Å². The Hall–Kier alpha value is -2.88. The van der Waals surface area contributed by atoms with Crippen LogP contribution < -0.4 is 9.47 Å². The monoisotopic (exact) mass is 376 g/mol. The van der Waals surface area contributed by atoms with Crippen molar-refractivity contribution < 1.29 is 19.1 Å². The van der Waals surface area contributed by atoms with Crippen molar-refractivity contribution in [2.45, 2.75) is 39.5 Å². The van der Waals surface area contributed by atoms with Gasteiger partial charge in [-0.3, -0.25) is 9.59 Å². The van der Waals surface area contributed by atoms with Gasteiger partial charge in [0.1, 0.15) is 11.5 Å². The number of carbonyl (C=O) groups excluding carboxylic acids is 2.